The molecule has 0 aliphatic rings. The van der Waals surface area contributed by atoms with Crippen molar-refractivity contribution >= 4 is 11.8 Å². The SMILES string of the molecule is CC(N)c1cccnc1Sc1n[nH]c(=O)n1C(C)C. The molecule has 0 saturated heterocycles. The Morgan fingerprint density at radius 2 is 2.16 bits per heavy atom. The van der Waals surface area contributed by atoms with Crippen molar-refractivity contribution in [3.05, 3.63) is 34.4 Å². The molecule has 3 N–H and O–H groups in total. The van der Waals surface area contributed by atoms with Gasteiger partial charge in [0.15, 0.2) is 5.16 Å². The molecule has 2 aromatic heterocycles. The Morgan fingerprint density at radius 1 is 1.42 bits per heavy atom. The fourth-order valence-electron chi connectivity index (χ4n) is 1.74. The van der Waals surface area contributed by atoms with Gasteiger partial charge < -0.3 is 5.73 Å². The molecule has 0 bridgehead atoms. The molecule has 1 unspecified atom stereocenters. The highest BCUT2D eigenvalue weighted by atomic mass is 32.2. The van der Waals surface area contributed by atoms with E-state index in [1.54, 1.807) is 10.8 Å². The van der Waals surface area contributed by atoms with Crippen LogP contribution in [0.25, 0.3) is 0 Å². The highest BCUT2D eigenvalue weighted by Crippen LogP contribution is 2.29. The highest BCUT2D eigenvalue weighted by molar-refractivity contribution is 7.99. The summed E-state index contributed by atoms with van der Waals surface area (Å²) in [6.07, 6.45) is 1.71. The topological polar surface area (TPSA) is 89.6 Å². The van der Waals surface area contributed by atoms with E-state index in [0.29, 0.717) is 5.16 Å². The van der Waals surface area contributed by atoms with E-state index in [9.17, 15) is 4.79 Å². The fourth-order valence-corrected chi connectivity index (χ4v) is 2.88. The Balaban J connectivity index is 2.40. The van der Waals surface area contributed by atoms with Gasteiger partial charge in [-0.1, -0.05) is 6.07 Å². The maximum atomic E-state index is 11.7. The highest BCUT2D eigenvalue weighted by Gasteiger charge is 2.16. The van der Waals surface area contributed by atoms with E-state index < -0.39 is 0 Å². The molecular weight excluding hydrogens is 262 g/mol. The Kier molecular flexibility index (Phi) is 4.06. The molecule has 0 aromatic carbocycles. The second kappa shape index (κ2) is 5.58. The minimum atomic E-state index is -0.212. The number of H-pyrrole nitrogens is 1. The zero-order valence-corrected chi connectivity index (χ0v) is 11.9. The van der Waals surface area contributed by atoms with Crippen LogP contribution in [0.15, 0.2) is 33.3 Å². The van der Waals surface area contributed by atoms with E-state index in [4.69, 9.17) is 5.73 Å². The van der Waals surface area contributed by atoms with Crippen molar-refractivity contribution in [3.63, 3.8) is 0 Å². The van der Waals surface area contributed by atoms with Crippen molar-refractivity contribution < 1.29 is 0 Å². The molecule has 2 heterocycles. The van der Waals surface area contributed by atoms with Crippen LogP contribution < -0.4 is 11.4 Å². The zero-order valence-electron chi connectivity index (χ0n) is 11.1. The van der Waals surface area contributed by atoms with Gasteiger partial charge in [-0.25, -0.2) is 14.9 Å². The molecular formula is C12H17N5OS. The van der Waals surface area contributed by atoms with Crippen LogP contribution in [-0.2, 0) is 0 Å². The average Bonchev–Trinajstić information content (AvgIpc) is 2.71. The smallest absolute Gasteiger partial charge is 0.324 e. The summed E-state index contributed by atoms with van der Waals surface area (Å²) in [5.41, 5.74) is 6.65. The summed E-state index contributed by atoms with van der Waals surface area (Å²) in [5, 5.41) is 7.88. The Morgan fingerprint density at radius 3 is 2.79 bits per heavy atom. The summed E-state index contributed by atoms with van der Waals surface area (Å²) in [6.45, 7) is 5.78. The predicted molar refractivity (Wildman–Crippen MR) is 74.2 cm³/mol. The molecule has 0 spiro atoms. The van der Waals surface area contributed by atoms with Crippen molar-refractivity contribution in [1.82, 2.24) is 19.7 Å². The predicted octanol–water partition coefficient (Wildman–Crippen LogP) is 1.72. The number of nitrogens with one attached hydrogen (secondary N) is 1. The number of nitrogens with zero attached hydrogens (tertiary/aromatic N) is 3. The second-order valence-electron chi connectivity index (χ2n) is 4.56. The molecule has 1 atom stereocenters. The third-order valence-electron chi connectivity index (χ3n) is 2.67. The van der Waals surface area contributed by atoms with Crippen molar-refractivity contribution in [1.29, 1.82) is 0 Å². The molecule has 0 fully saturated rings. The van der Waals surface area contributed by atoms with Crippen molar-refractivity contribution in [2.75, 3.05) is 0 Å². The van der Waals surface area contributed by atoms with E-state index in [2.05, 4.69) is 15.2 Å². The minimum Gasteiger partial charge on any atom is -0.324 e. The van der Waals surface area contributed by atoms with E-state index in [1.807, 2.05) is 32.9 Å². The lowest BCUT2D eigenvalue weighted by atomic mass is 10.2. The standard InChI is InChI=1S/C12H17N5OS/c1-7(2)17-11(18)15-16-12(17)19-10-9(8(3)13)5-4-6-14-10/h4-8H,13H2,1-3H3,(H,15,18). The molecule has 0 aliphatic heterocycles. The fraction of sp³-hybridized carbons (Fsp3) is 0.417. The lowest BCUT2D eigenvalue weighted by Crippen LogP contribution is -2.19. The number of hydrogen-bond donors (Lipinski definition) is 2. The number of nitrogens with two attached hydrogens (primary N) is 1. The van der Waals surface area contributed by atoms with Crippen LogP contribution in [0.5, 0.6) is 0 Å². The first-order valence-corrected chi connectivity index (χ1v) is 6.87. The summed E-state index contributed by atoms with van der Waals surface area (Å²) in [6, 6.07) is 3.71. The molecule has 6 nitrogen and oxygen atoms in total. The molecule has 19 heavy (non-hydrogen) atoms. The number of rotatable bonds is 4. The van der Waals surface area contributed by atoms with E-state index in [0.717, 1.165) is 10.6 Å². The van der Waals surface area contributed by atoms with Gasteiger partial charge in [0.05, 0.1) is 0 Å². The minimum absolute atomic E-state index is 0.0382. The monoisotopic (exact) mass is 279 g/mol. The first-order valence-electron chi connectivity index (χ1n) is 6.06. The van der Waals surface area contributed by atoms with Crippen LogP contribution >= 0.6 is 11.8 Å². The summed E-state index contributed by atoms with van der Waals surface area (Å²) < 4.78 is 1.60. The van der Waals surface area contributed by atoms with Gasteiger partial charge in [-0.2, -0.15) is 0 Å². The van der Waals surface area contributed by atoms with Gasteiger partial charge in [0.25, 0.3) is 0 Å². The normalized spacial score (nSPS) is 12.9. The second-order valence-corrected chi connectivity index (χ2v) is 5.52. The van der Waals surface area contributed by atoms with E-state index in [1.165, 1.54) is 11.8 Å². The summed E-state index contributed by atoms with van der Waals surface area (Å²) in [5.74, 6) is 0. The van der Waals surface area contributed by atoms with Crippen LogP contribution in [-0.4, -0.2) is 19.7 Å². The summed E-state index contributed by atoms with van der Waals surface area (Å²) >= 11 is 1.35. The molecule has 2 rings (SSSR count). The Hall–Kier alpha value is -1.60. The number of aromatic nitrogens is 4. The largest absolute Gasteiger partial charge is 0.344 e. The quantitative estimate of drug-likeness (QED) is 0.889. The van der Waals surface area contributed by atoms with E-state index >= 15 is 0 Å². The molecule has 102 valence electrons. The van der Waals surface area contributed by atoms with Crippen molar-refractivity contribution in [3.8, 4) is 0 Å². The lowest BCUT2D eigenvalue weighted by Gasteiger charge is -2.12. The molecule has 0 amide bonds. The van der Waals surface area contributed by atoms with Crippen LogP contribution in [0.1, 0.15) is 38.4 Å². The molecule has 2 aromatic rings. The Bertz CT molecular complexity index is 617. The average molecular weight is 279 g/mol. The van der Waals surface area contributed by atoms with Gasteiger partial charge in [-0.15, -0.1) is 5.10 Å². The molecule has 0 saturated carbocycles. The third-order valence-corrected chi connectivity index (χ3v) is 3.67. The third kappa shape index (κ3) is 2.87. The van der Waals surface area contributed by atoms with Crippen molar-refractivity contribution in [2.45, 2.75) is 43.0 Å². The van der Waals surface area contributed by atoms with Gasteiger partial charge in [-0.3, -0.25) is 4.57 Å². The summed E-state index contributed by atoms with van der Waals surface area (Å²) in [4.78, 5) is 16.0. The first-order chi connectivity index (χ1) is 9.00. The van der Waals surface area contributed by atoms with Gasteiger partial charge in [-0.05, 0) is 38.6 Å². The van der Waals surface area contributed by atoms with Gasteiger partial charge in [0.2, 0.25) is 0 Å². The van der Waals surface area contributed by atoms with Crippen LogP contribution in [0.4, 0.5) is 0 Å². The van der Waals surface area contributed by atoms with Gasteiger partial charge in [0, 0.05) is 23.8 Å². The van der Waals surface area contributed by atoms with Crippen LogP contribution in [0.2, 0.25) is 0 Å². The van der Waals surface area contributed by atoms with Crippen molar-refractivity contribution in [2.24, 2.45) is 5.73 Å². The zero-order chi connectivity index (χ0) is 14.0. The molecule has 0 radical (unpaired) electrons. The summed E-state index contributed by atoms with van der Waals surface area (Å²) in [7, 11) is 0. The Labute approximate surface area is 115 Å². The van der Waals surface area contributed by atoms with Gasteiger partial charge >= 0.3 is 5.69 Å². The maximum absolute atomic E-state index is 11.7. The van der Waals surface area contributed by atoms with Gasteiger partial charge in [0.1, 0.15) is 5.03 Å². The lowest BCUT2D eigenvalue weighted by molar-refractivity contribution is 0.533. The number of pyridine rings is 1. The van der Waals surface area contributed by atoms with E-state index in [-0.39, 0.29) is 17.8 Å². The van der Waals surface area contributed by atoms with Crippen LogP contribution in [0, 0.1) is 0 Å². The molecule has 0 aliphatic carbocycles. The number of hydrogen-bond acceptors (Lipinski definition) is 5. The number of aromatic amines is 1. The van der Waals surface area contributed by atoms with Crippen LogP contribution in [0.3, 0.4) is 0 Å². The maximum Gasteiger partial charge on any atom is 0.344 e. The first kappa shape index (κ1) is 13.8. The molecule has 7 heteroatoms.